The van der Waals surface area contributed by atoms with Crippen molar-refractivity contribution in [2.75, 3.05) is 5.32 Å². The van der Waals surface area contributed by atoms with Gasteiger partial charge in [0.25, 0.3) is 0 Å². The van der Waals surface area contributed by atoms with Gasteiger partial charge < -0.3 is 9.88 Å². The molecule has 1 aromatic heterocycles. The van der Waals surface area contributed by atoms with Crippen LogP contribution in [0.15, 0.2) is 79.1 Å². The summed E-state index contributed by atoms with van der Waals surface area (Å²) in [6.45, 7) is 0. The largest absolute Gasteiger partial charge is 0.346 e. The van der Waals surface area contributed by atoms with Crippen molar-refractivity contribution < 1.29 is 4.79 Å². The van der Waals surface area contributed by atoms with Crippen LogP contribution in [0.5, 0.6) is 0 Å². The number of rotatable bonds is 5. The number of nitrogens with zero attached hydrogens (tertiary/aromatic N) is 1. The van der Waals surface area contributed by atoms with Crippen LogP contribution in [0.1, 0.15) is 18.0 Å². The maximum atomic E-state index is 12.4. The summed E-state index contributed by atoms with van der Waals surface area (Å²) in [5.41, 5.74) is 1.86. The van der Waals surface area contributed by atoms with Crippen LogP contribution in [-0.4, -0.2) is 10.5 Å². The second kappa shape index (κ2) is 7.16. The lowest BCUT2D eigenvalue weighted by molar-refractivity contribution is -0.116. The Labute approximate surface area is 140 Å². The molecule has 1 N–H and O–H groups in total. The molecule has 0 fully saturated rings. The second-order valence-electron chi connectivity index (χ2n) is 5.32. The fourth-order valence-corrected chi connectivity index (χ4v) is 2.67. The number of amides is 1. The maximum absolute atomic E-state index is 12.4. The van der Waals surface area contributed by atoms with E-state index in [1.165, 1.54) is 0 Å². The normalized spacial score (nSPS) is 11.9. The predicted octanol–water partition coefficient (Wildman–Crippen LogP) is 4.76. The molecule has 0 aliphatic heterocycles. The van der Waals surface area contributed by atoms with Gasteiger partial charge in [0, 0.05) is 23.1 Å². The van der Waals surface area contributed by atoms with E-state index in [2.05, 4.69) is 9.88 Å². The van der Waals surface area contributed by atoms with Crippen LogP contribution in [0, 0.1) is 0 Å². The van der Waals surface area contributed by atoms with Gasteiger partial charge in [-0.25, -0.2) is 0 Å². The molecule has 4 heteroatoms. The number of nitrogens with one attached hydrogen (secondary N) is 1. The van der Waals surface area contributed by atoms with E-state index in [4.69, 9.17) is 11.6 Å². The number of anilines is 1. The second-order valence-corrected chi connectivity index (χ2v) is 5.75. The molecule has 1 atom stereocenters. The van der Waals surface area contributed by atoms with Crippen molar-refractivity contribution in [3.63, 3.8) is 0 Å². The van der Waals surface area contributed by atoms with E-state index in [1.54, 1.807) is 24.3 Å². The molecular weight excluding hydrogens is 308 g/mol. The summed E-state index contributed by atoms with van der Waals surface area (Å²) in [6, 6.07) is 21.1. The Bertz CT molecular complexity index is 752. The zero-order chi connectivity index (χ0) is 16.1. The average molecular weight is 325 g/mol. The average Bonchev–Trinajstić information content (AvgIpc) is 3.10. The Kier molecular flexibility index (Phi) is 4.79. The minimum atomic E-state index is -0.0325. The van der Waals surface area contributed by atoms with Gasteiger partial charge in [-0.05, 0) is 42.0 Å². The fourth-order valence-electron chi connectivity index (χ4n) is 2.55. The van der Waals surface area contributed by atoms with Crippen LogP contribution in [-0.2, 0) is 4.79 Å². The zero-order valence-electron chi connectivity index (χ0n) is 12.5. The number of hydrogen-bond donors (Lipinski definition) is 1. The Hall–Kier alpha value is -2.52. The molecule has 0 unspecified atom stereocenters. The van der Waals surface area contributed by atoms with E-state index in [9.17, 15) is 4.79 Å². The lowest BCUT2D eigenvalue weighted by Gasteiger charge is -2.19. The van der Waals surface area contributed by atoms with Gasteiger partial charge in [-0.3, -0.25) is 4.79 Å². The molecule has 23 heavy (non-hydrogen) atoms. The van der Waals surface area contributed by atoms with E-state index in [-0.39, 0.29) is 11.9 Å². The van der Waals surface area contributed by atoms with Crippen molar-refractivity contribution in [1.29, 1.82) is 0 Å². The van der Waals surface area contributed by atoms with Gasteiger partial charge in [0.1, 0.15) is 0 Å². The minimum Gasteiger partial charge on any atom is -0.346 e. The van der Waals surface area contributed by atoms with Crippen LogP contribution in [0.25, 0.3) is 0 Å². The Morgan fingerprint density at radius 3 is 2.26 bits per heavy atom. The highest BCUT2D eigenvalue weighted by atomic mass is 35.5. The van der Waals surface area contributed by atoms with Gasteiger partial charge in [-0.15, -0.1) is 0 Å². The molecule has 0 saturated heterocycles. The fraction of sp³-hybridized carbons (Fsp3) is 0.105. The molecule has 0 bridgehead atoms. The topological polar surface area (TPSA) is 34.0 Å². The molecular formula is C19H17ClN2O. The van der Waals surface area contributed by atoms with Crippen molar-refractivity contribution >= 4 is 23.2 Å². The number of carbonyl (C=O) groups is 1. The maximum Gasteiger partial charge on any atom is 0.226 e. The van der Waals surface area contributed by atoms with Crippen molar-refractivity contribution in [2.24, 2.45) is 0 Å². The molecule has 116 valence electrons. The molecule has 0 spiro atoms. The first-order chi connectivity index (χ1) is 11.2. The molecule has 0 aliphatic carbocycles. The summed E-state index contributed by atoms with van der Waals surface area (Å²) in [7, 11) is 0. The minimum absolute atomic E-state index is 0.0292. The Morgan fingerprint density at radius 2 is 1.61 bits per heavy atom. The van der Waals surface area contributed by atoms with Crippen LogP contribution < -0.4 is 5.32 Å². The third-order valence-electron chi connectivity index (χ3n) is 3.68. The molecule has 3 nitrogen and oxygen atoms in total. The highest BCUT2D eigenvalue weighted by Gasteiger charge is 2.17. The van der Waals surface area contributed by atoms with Crippen LogP contribution in [0.2, 0.25) is 5.02 Å². The predicted molar refractivity (Wildman–Crippen MR) is 93.7 cm³/mol. The number of halogens is 1. The van der Waals surface area contributed by atoms with Gasteiger partial charge in [0.2, 0.25) is 5.91 Å². The van der Waals surface area contributed by atoms with E-state index in [0.29, 0.717) is 11.4 Å². The summed E-state index contributed by atoms with van der Waals surface area (Å²) >= 11 is 5.86. The van der Waals surface area contributed by atoms with Gasteiger partial charge in [0.05, 0.1) is 12.5 Å². The lowest BCUT2D eigenvalue weighted by atomic mass is 10.0. The molecule has 1 amide bonds. The van der Waals surface area contributed by atoms with Crippen molar-refractivity contribution in [2.45, 2.75) is 12.5 Å². The smallest absolute Gasteiger partial charge is 0.226 e. The first kappa shape index (κ1) is 15.4. The van der Waals surface area contributed by atoms with Crippen LogP contribution in [0.4, 0.5) is 5.69 Å². The quantitative estimate of drug-likeness (QED) is 0.721. The SMILES string of the molecule is O=C(C[C@@H](c1ccccc1)n1cccc1)Nc1ccc(Cl)cc1. The van der Waals surface area contributed by atoms with Crippen LogP contribution in [0.3, 0.4) is 0 Å². The molecule has 2 aromatic carbocycles. The standard InChI is InChI=1S/C19H17ClN2O/c20-16-8-10-17(11-9-16)21-19(23)14-18(22-12-4-5-13-22)15-6-2-1-3-7-15/h1-13,18H,14H2,(H,21,23)/t18-/m0/s1. The van der Waals surface area contributed by atoms with E-state index < -0.39 is 0 Å². The first-order valence-corrected chi connectivity index (χ1v) is 7.83. The van der Waals surface area contributed by atoms with Gasteiger partial charge in [-0.1, -0.05) is 41.9 Å². The van der Waals surface area contributed by atoms with Gasteiger partial charge in [0.15, 0.2) is 0 Å². The van der Waals surface area contributed by atoms with Crippen molar-refractivity contribution in [3.8, 4) is 0 Å². The number of hydrogen-bond acceptors (Lipinski definition) is 1. The number of carbonyl (C=O) groups excluding carboxylic acids is 1. The van der Waals surface area contributed by atoms with Crippen molar-refractivity contribution in [1.82, 2.24) is 4.57 Å². The highest BCUT2D eigenvalue weighted by molar-refractivity contribution is 6.30. The molecule has 3 aromatic rings. The number of benzene rings is 2. The molecule has 0 saturated carbocycles. The van der Waals surface area contributed by atoms with Gasteiger partial charge in [-0.2, -0.15) is 0 Å². The lowest BCUT2D eigenvalue weighted by Crippen LogP contribution is -2.19. The summed E-state index contributed by atoms with van der Waals surface area (Å²) in [5, 5.41) is 3.57. The number of aromatic nitrogens is 1. The van der Waals surface area contributed by atoms with E-state index >= 15 is 0 Å². The summed E-state index contributed by atoms with van der Waals surface area (Å²) in [5.74, 6) is -0.0325. The summed E-state index contributed by atoms with van der Waals surface area (Å²) < 4.78 is 2.05. The van der Waals surface area contributed by atoms with E-state index in [1.807, 2.05) is 54.9 Å². The Balaban J connectivity index is 1.76. The summed E-state index contributed by atoms with van der Waals surface area (Å²) in [6.07, 6.45) is 4.32. The highest BCUT2D eigenvalue weighted by Crippen LogP contribution is 2.23. The van der Waals surface area contributed by atoms with E-state index in [0.717, 1.165) is 11.3 Å². The molecule has 0 aliphatic rings. The Morgan fingerprint density at radius 1 is 0.957 bits per heavy atom. The third kappa shape index (κ3) is 4.02. The third-order valence-corrected chi connectivity index (χ3v) is 3.93. The molecule has 0 radical (unpaired) electrons. The van der Waals surface area contributed by atoms with Gasteiger partial charge >= 0.3 is 0 Å². The van der Waals surface area contributed by atoms with Crippen LogP contribution >= 0.6 is 11.6 Å². The van der Waals surface area contributed by atoms with Crippen molar-refractivity contribution in [3.05, 3.63) is 89.7 Å². The summed E-state index contributed by atoms with van der Waals surface area (Å²) in [4.78, 5) is 12.4. The zero-order valence-corrected chi connectivity index (χ0v) is 13.3. The molecule has 1 heterocycles. The molecule has 3 rings (SSSR count). The first-order valence-electron chi connectivity index (χ1n) is 7.45. The monoisotopic (exact) mass is 324 g/mol.